The number of amides is 1. The first kappa shape index (κ1) is 16.7. The summed E-state index contributed by atoms with van der Waals surface area (Å²) in [5.74, 6) is 0.241. The Morgan fingerprint density at radius 3 is 2.61 bits per heavy atom. The van der Waals surface area contributed by atoms with E-state index < -0.39 is 11.4 Å². The van der Waals surface area contributed by atoms with Crippen molar-refractivity contribution in [1.82, 2.24) is 10.2 Å². The molecule has 5 nitrogen and oxygen atoms in total. The van der Waals surface area contributed by atoms with Crippen LogP contribution in [0.4, 0.5) is 0 Å². The van der Waals surface area contributed by atoms with Crippen LogP contribution in [-0.4, -0.2) is 47.6 Å². The van der Waals surface area contributed by atoms with Gasteiger partial charge in [0.1, 0.15) is 0 Å². The molecule has 1 aliphatic heterocycles. The van der Waals surface area contributed by atoms with Crippen LogP contribution < -0.4 is 5.32 Å². The Bertz CT molecular complexity index is 461. The molecule has 3 atom stereocenters. The van der Waals surface area contributed by atoms with Crippen molar-refractivity contribution in [2.75, 3.05) is 19.6 Å². The van der Waals surface area contributed by atoms with Gasteiger partial charge < -0.3 is 10.4 Å². The van der Waals surface area contributed by atoms with E-state index in [1.165, 1.54) is 32.1 Å². The van der Waals surface area contributed by atoms with Crippen LogP contribution in [0.25, 0.3) is 0 Å². The molecule has 1 saturated heterocycles. The van der Waals surface area contributed by atoms with E-state index in [9.17, 15) is 14.7 Å². The number of likely N-dealkylation sites (tertiary alicyclic amines) is 1. The Balaban J connectivity index is 1.53. The lowest BCUT2D eigenvalue weighted by Crippen LogP contribution is -2.46. The Kier molecular flexibility index (Phi) is 4.95. The fraction of sp³-hybridized carbons (Fsp3) is 0.889. The van der Waals surface area contributed by atoms with Gasteiger partial charge in [0.2, 0.25) is 5.91 Å². The second-order valence-electron chi connectivity index (χ2n) is 7.91. The molecule has 0 aromatic heterocycles. The summed E-state index contributed by atoms with van der Waals surface area (Å²) in [4.78, 5) is 26.3. The lowest BCUT2D eigenvalue weighted by atomic mass is 9.81. The fourth-order valence-corrected chi connectivity index (χ4v) is 4.92. The number of hydrogen-bond donors (Lipinski definition) is 2. The summed E-state index contributed by atoms with van der Waals surface area (Å²) in [6.45, 7) is 3.99. The van der Waals surface area contributed by atoms with Crippen LogP contribution in [0.5, 0.6) is 0 Å². The second kappa shape index (κ2) is 6.80. The molecule has 0 radical (unpaired) electrons. The van der Waals surface area contributed by atoms with E-state index in [1.54, 1.807) is 0 Å². The molecule has 0 spiro atoms. The molecule has 1 unspecified atom stereocenters. The minimum absolute atomic E-state index is 0.0658. The molecule has 2 aliphatic carbocycles. The zero-order valence-electron chi connectivity index (χ0n) is 14.2. The van der Waals surface area contributed by atoms with Crippen molar-refractivity contribution in [3.8, 4) is 0 Å². The molecule has 5 heteroatoms. The van der Waals surface area contributed by atoms with Gasteiger partial charge >= 0.3 is 5.97 Å². The summed E-state index contributed by atoms with van der Waals surface area (Å²) in [6.07, 6.45) is 9.10. The number of carbonyl (C=O) groups is 2. The first-order chi connectivity index (χ1) is 11.0. The Labute approximate surface area is 138 Å². The van der Waals surface area contributed by atoms with Crippen molar-refractivity contribution in [2.24, 2.45) is 17.3 Å². The number of aliphatic carboxylic acids is 1. The van der Waals surface area contributed by atoms with Crippen LogP contribution in [0.1, 0.15) is 58.3 Å². The third kappa shape index (κ3) is 3.25. The normalized spacial score (nSPS) is 33.3. The van der Waals surface area contributed by atoms with Gasteiger partial charge in [-0.3, -0.25) is 14.5 Å². The minimum atomic E-state index is -0.669. The lowest BCUT2D eigenvalue weighted by molar-refractivity contribution is -0.149. The monoisotopic (exact) mass is 322 g/mol. The van der Waals surface area contributed by atoms with E-state index >= 15 is 0 Å². The van der Waals surface area contributed by atoms with Gasteiger partial charge in [-0.15, -0.1) is 0 Å². The second-order valence-corrected chi connectivity index (χ2v) is 7.91. The number of carboxylic acid groups (broad SMARTS) is 1. The lowest BCUT2D eigenvalue weighted by Gasteiger charge is -2.28. The molecular weight excluding hydrogens is 292 g/mol. The number of carbonyl (C=O) groups excluding carboxylic acids is 1. The van der Waals surface area contributed by atoms with Crippen molar-refractivity contribution in [1.29, 1.82) is 0 Å². The third-order valence-electron chi connectivity index (χ3n) is 6.54. The predicted octanol–water partition coefficient (Wildman–Crippen LogP) is 2.26. The van der Waals surface area contributed by atoms with Gasteiger partial charge in [0.05, 0.1) is 11.5 Å². The van der Waals surface area contributed by atoms with Crippen molar-refractivity contribution < 1.29 is 14.7 Å². The number of fused-ring (bicyclic) bond motifs is 1. The highest BCUT2D eigenvalue weighted by atomic mass is 16.4. The standard InChI is InChI=1S/C18H30N2O3/c1-13(16(21)19-10-14-6-3-2-4-7-14)20-11-15-8-5-9-18(15,12-20)17(22)23/h13-15H,2-12H2,1H3,(H,19,21)(H,22,23)/t13?,15-,18+/m0/s1. The van der Waals surface area contributed by atoms with E-state index in [2.05, 4.69) is 10.2 Å². The molecule has 1 amide bonds. The quantitative estimate of drug-likeness (QED) is 0.814. The zero-order chi connectivity index (χ0) is 16.4. The highest BCUT2D eigenvalue weighted by Gasteiger charge is 2.55. The average Bonchev–Trinajstić information content (AvgIpc) is 3.11. The maximum absolute atomic E-state index is 12.5. The number of hydrogen-bond acceptors (Lipinski definition) is 3. The van der Waals surface area contributed by atoms with Gasteiger partial charge in [-0.1, -0.05) is 25.7 Å². The molecule has 3 rings (SSSR count). The maximum Gasteiger partial charge on any atom is 0.311 e. The van der Waals surface area contributed by atoms with Crippen molar-refractivity contribution in [3.05, 3.63) is 0 Å². The van der Waals surface area contributed by atoms with E-state index in [4.69, 9.17) is 0 Å². The molecule has 23 heavy (non-hydrogen) atoms. The maximum atomic E-state index is 12.5. The molecule has 2 N–H and O–H groups in total. The molecule has 1 heterocycles. The molecule has 0 bridgehead atoms. The van der Waals surface area contributed by atoms with E-state index in [1.807, 2.05) is 6.92 Å². The Morgan fingerprint density at radius 1 is 1.22 bits per heavy atom. The average molecular weight is 322 g/mol. The Hall–Kier alpha value is -1.10. The number of carboxylic acids is 1. The van der Waals surface area contributed by atoms with Crippen molar-refractivity contribution in [3.63, 3.8) is 0 Å². The predicted molar refractivity (Wildman–Crippen MR) is 88.0 cm³/mol. The van der Waals surface area contributed by atoms with Crippen LogP contribution in [0.15, 0.2) is 0 Å². The molecule has 3 fully saturated rings. The van der Waals surface area contributed by atoms with Gasteiger partial charge in [-0.2, -0.15) is 0 Å². The summed E-state index contributed by atoms with van der Waals surface area (Å²) >= 11 is 0. The SMILES string of the molecule is CC(C(=O)NCC1CCCCC1)N1C[C@@H]2CCC[C@@]2(C(=O)O)C1. The highest BCUT2D eigenvalue weighted by Crippen LogP contribution is 2.49. The van der Waals surface area contributed by atoms with Gasteiger partial charge in [0.15, 0.2) is 0 Å². The smallest absolute Gasteiger partial charge is 0.311 e. The molecular formula is C18H30N2O3. The summed E-state index contributed by atoms with van der Waals surface area (Å²) in [5.41, 5.74) is -0.599. The van der Waals surface area contributed by atoms with Crippen LogP contribution >= 0.6 is 0 Å². The van der Waals surface area contributed by atoms with Gasteiger partial charge in [-0.05, 0) is 44.4 Å². The number of rotatable bonds is 5. The summed E-state index contributed by atoms with van der Waals surface area (Å²) < 4.78 is 0. The Morgan fingerprint density at radius 2 is 1.96 bits per heavy atom. The molecule has 3 aliphatic rings. The topological polar surface area (TPSA) is 69.6 Å². The van der Waals surface area contributed by atoms with E-state index in [-0.39, 0.29) is 17.9 Å². The zero-order valence-corrected chi connectivity index (χ0v) is 14.2. The summed E-state index contributed by atoms with van der Waals surface area (Å²) in [5, 5.41) is 12.8. The summed E-state index contributed by atoms with van der Waals surface area (Å²) in [7, 11) is 0. The summed E-state index contributed by atoms with van der Waals surface area (Å²) in [6, 6.07) is -0.222. The molecule has 130 valence electrons. The molecule has 0 aromatic rings. The van der Waals surface area contributed by atoms with Crippen molar-refractivity contribution in [2.45, 2.75) is 64.3 Å². The van der Waals surface area contributed by atoms with Gasteiger partial charge in [0, 0.05) is 19.6 Å². The van der Waals surface area contributed by atoms with Crippen molar-refractivity contribution >= 4 is 11.9 Å². The van der Waals surface area contributed by atoms with E-state index in [0.29, 0.717) is 12.5 Å². The molecule has 2 saturated carbocycles. The highest BCUT2D eigenvalue weighted by molar-refractivity contribution is 5.82. The largest absolute Gasteiger partial charge is 0.481 e. The van der Waals surface area contributed by atoms with Gasteiger partial charge in [-0.25, -0.2) is 0 Å². The first-order valence-corrected chi connectivity index (χ1v) is 9.28. The number of nitrogens with zero attached hydrogens (tertiary/aromatic N) is 1. The van der Waals surface area contributed by atoms with Crippen LogP contribution in [-0.2, 0) is 9.59 Å². The van der Waals surface area contributed by atoms with Crippen LogP contribution in [0, 0.1) is 17.3 Å². The minimum Gasteiger partial charge on any atom is -0.481 e. The van der Waals surface area contributed by atoms with E-state index in [0.717, 1.165) is 32.4 Å². The van der Waals surface area contributed by atoms with Crippen LogP contribution in [0.2, 0.25) is 0 Å². The first-order valence-electron chi connectivity index (χ1n) is 9.28. The van der Waals surface area contributed by atoms with Gasteiger partial charge in [0.25, 0.3) is 0 Å². The number of nitrogens with one attached hydrogen (secondary N) is 1. The third-order valence-corrected chi connectivity index (χ3v) is 6.54. The molecule has 0 aromatic carbocycles. The van der Waals surface area contributed by atoms with Crippen LogP contribution in [0.3, 0.4) is 0 Å². The fourth-order valence-electron chi connectivity index (χ4n) is 4.92.